The maximum absolute atomic E-state index is 12.9. The van der Waals surface area contributed by atoms with Crippen LogP contribution in [0.1, 0.15) is 12.0 Å². The first-order valence-electron chi connectivity index (χ1n) is 8.92. The number of anilines is 1. The molecule has 2 aromatic carbocycles. The third kappa shape index (κ3) is 5.50. The number of carbonyl (C=O) groups is 2. The number of benzene rings is 2. The van der Waals surface area contributed by atoms with Crippen molar-refractivity contribution in [1.29, 1.82) is 0 Å². The molecular weight excluding hydrogens is 455 g/mol. The van der Waals surface area contributed by atoms with Crippen LogP contribution in [0.5, 0.6) is 5.75 Å². The molecule has 1 aliphatic rings. The fourth-order valence-corrected chi connectivity index (χ4v) is 4.05. The average Bonchev–Trinajstić information content (AvgIpc) is 2.97. The Hall–Kier alpha value is -2.72. The zero-order valence-corrected chi connectivity index (χ0v) is 17.9. The van der Waals surface area contributed by atoms with Crippen molar-refractivity contribution in [2.45, 2.75) is 17.8 Å². The van der Waals surface area contributed by atoms with Gasteiger partial charge in [0.25, 0.3) is 0 Å². The number of carbonyl (C=O) groups excluding carboxylic acids is 2. The van der Waals surface area contributed by atoms with Gasteiger partial charge in [-0.05, 0) is 42.5 Å². The molecule has 0 saturated carbocycles. The smallest absolute Gasteiger partial charge is 0.416 e. The van der Waals surface area contributed by atoms with Crippen LogP contribution < -0.4 is 10.1 Å². The monoisotopic (exact) mass is 471 g/mol. The molecule has 0 spiro atoms. The molecule has 1 aliphatic heterocycles. The fourth-order valence-electron chi connectivity index (χ4n) is 2.73. The summed E-state index contributed by atoms with van der Waals surface area (Å²) in [5.41, 5.74) is -0.506. The van der Waals surface area contributed by atoms with Crippen LogP contribution >= 0.6 is 23.4 Å². The molecule has 31 heavy (non-hydrogen) atoms. The molecule has 11 heteroatoms. The van der Waals surface area contributed by atoms with E-state index in [0.29, 0.717) is 16.6 Å². The second-order valence-corrected chi connectivity index (χ2v) is 8.12. The lowest BCUT2D eigenvalue weighted by Gasteiger charge is -2.12. The quantitative estimate of drug-likeness (QED) is 0.669. The molecule has 164 valence electrons. The predicted octanol–water partition coefficient (Wildman–Crippen LogP) is 4.96. The van der Waals surface area contributed by atoms with Crippen LogP contribution in [0.4, 0.5) is 24.5 Å². The molecule has 0 aromatic heterocycles. The number of aliphatic imine (C=N–C) groups is 1. The number of hydrogen-bond donors (Lipinski definition) is 1. The third-order valence-corrected chi connectivity index (χ3v) is 5.93. The Labute approximate surface area is 185 Å². The number of halogens is 4. The molecule has 2 amide bonds. The van der Waals surface area contributed by atoms with Crippen LogP contribution in [-0.2, 0) is 15.8 Å². The Morgan fingerprint density at radius 2 is 1.94 bits per heavy atom. The van der Waals surface area contributed by atoms with Gasteiger partial charge in [0.05, 0.1) is 29.1 Å². The van der Waals surface area contributed by atoms with E-state index < -0.39 is 22.9 Å². The van der Waals surface area contributed by atoms with E-state index >= 15 is 0 Å². The normalized spacial score (nSPS) is 17.9. The van der Waals surface area contributed by atoms with Crippen LogP contribution in [0.3, 0.4) is 0 Å². The zero-order chi connectivity index (χ0) is 22.8. The van der Waals surface area contributed by atoms with Crippen LogP contribution in [0.2, 0.25) is 5.02 Å². The highest BCUT2D eigenvalue weighted by Gasteiger charge is 2.37. The maximum Gasteiger partial charge on any atom is 0.416 e. The van der Waals surface area contributed by atoms with E-state index in [4.69, 9.17) is 16.3 Å². The Morgan fingerprint density at radius 3 is 2.55 bits per heavy atom. The molecule has 0 radical (unpaired) electrons. The van der Waals surface area contributed by atoms with Gasteiger partial charge in [-0.2, -0.15) is 13.2 Å². The molecule has 1 fully saturated rings. The number of nitrogens with one attached hydrogen (secondary N) is 1. The van der Waals surface area contributed by atoms with Crippen LogP contribution in [-0.4, -0.2) is 41.3 Å². The number of thioether (sulfide) groups is 1. The van der Waals surface area contributed by atoms with Crippen LogP contribution in [0.25, 0.3) is 0 Å². The molecule has 0 unspecified atom stereocenters. The largest absolute Gasteiger partial charge is 0.497 e. The van der Waals surface area contributed by atoms with Crippen molar-refractivity contribution in [3.05, 3.63) is 53.1 Å². The van der Waals surface area contributed by atoms with E-state index in [2.05, 4.69) is 10.3 Å². The van der Waals surface area contributed by atoms with Gasteiger partial charge in [0.1, 0.15) is 11.0 Å². The van der Waals surface area contributed by atoms with Gasteiger partial charge in [-0.15, -0.1) is 0 Å². The minimum atomic E-state index is -4.57. The summed E-state index contributed by atoms with van der Waals surface area (Å²) < 4.78 is 43.8. The van der Waals surface area contributed by atoms with Crippen molar-refractivity contribution in [1.82, 2.24) is 4.90 Å². The molecule has 6 nitrogen and oxygen atoms in total. The second-order valence-electron chi connectivity index (χ2n) is 6.54. The molecule has 0 bridgehead atoms. The third-order valence-electron chi connectivity index (χ3n) is 4.38. The Bertz CT molecular complexity index is 1030. The Kier molecular flexibility index (Phi) is 6.80. The highest BCUT2D eigenvalue weighted by atomic mass is 35.5. The van der Waals surface area contributed by atoms with Gasteiger partial charge >= 0.3 is 6.18 Å². The summed E-state index contributed by atoms with van der Waals surface area (Å²) in [7, 11) is 3.08. The van der Waals surface area contributed by atoms with Gasteiger partial charge < -0.3 is 10.1 Å². The van der Waals surface area contributed by atoms with Crippen LogP contribution in [0, 0.1) is 0 Å². The average molecular weight is 472 g/mol. The highest BCUT2D eigenvalue weighted by Crippen LogP contribution is 2.35. The standard InChI is InChI=1S/C20H17ClF3N3O3S/c1-27-18(29)16(31-19(27)25-12-4-6-13(30-2)7-5-12)10-17(28)26-15-9-11(20(22,23)24)3-8-14(15)21/h3-9,16H,10H2,1-2H3,(H,26,28)/t16-/m1/s1. The highest BCUT2D eigenvalue weighted by molar-refractivity contribution is 8.15. The van der Waals surface area contributed by atoms with Gasteiger partial charge in [0, 0.05) is 13.5 Å². The number of amides is 2. The number of hydrogen-bond acceptors (Lipinski definition) is 5. The molecular formula is C20H17ClF3N3O3S. The van der Waals surface area contributed by atoms with Gasteiger partial charge in [-0.3, -0.25) is 14.5 Å². The van der Waals surface area contributed by atoms with Crippen molar-refractivity contribution in [3.8, 4) is 5.75 Å². The maximum atomic E-state index is 12.9. The van der Waals surface area contributed by atoms with Crippen molar-refractivity contribution < 1.29 is 27.5 Å². The van der Waals surface area contributed by atoms with Crippen molar-refractivity contribution >= 4 is 51.7 Å². The first-order chi connectivity index (χ1) is 14.6. The predicted molar refractivity (Wildman–Crippen MR) is 114 cm³/mol. The molecule has 0 aliphatic carbocycles. The Morgan fingerprint density at radius 1 is 1.26 bits per heavy atom. The lowest BCUT2D eigenvalue weighted by Crippen LogP contribution is -2.30. The number of methoxy groups -OCH3 is 1. The minimum Gasteiger partial charge on any atom is -0.497 e. The molecule has 2 aromatic rings. The van der Waals surface area contributed by atoms with E-state index in [1.165, 1.54) is 4.90 Å². The summed E-state index contributed by atoms with van der Waals surface area (Å²) in [6.07, 6.45) is -4.82. The number of alkyl halides is 3. The van der Waals surface area contributed by atoms with E-state index in [0.717, 1.165) is 30.0 Å². The van der Waals surface area contributed by atoms with Gasteiger partial charge in [-0.25, -0.2) is 4.99 Å². The summed E-state index contributed by atoms with van der Waals surface area (Å²) in [5.74, 6) is -0.302. The number of nitrogens with zero attached hydrogens (tertiary/aromatic N) is 2. The summed E-state index contributed by atoms with van der Waals surface area (Å²) >= 11 is 7.01. The number of ether oxygens (including phenoxy) is 1. The SMILES string of the molecule is COc1ccc(N=C2S[C@H](CC(=O)Nc3cc(C(F)(F)F)ccc3Cl)C(=O)N2C)cc1. The molecule has 1 atom stereocenters. The van der Waals surface area contributed by atoms with E-state index in [1.54, 1.807) is 38.4 Å². The molecule has 3 rings (SSSR count). The van der Waals surface area contributed by atoms with E-state index in [-0.39, 0.29) is 23.0 Å². The molecule has 1 heterocycles. The summed E-state index contributed by atoms with van der Waals surface area (Å²) in [6.45, 7) is 0. The first kappa shape index (κ1) is 23.0. The number of amidine groups is 1. The summed E-state index contributed by atoms with van der Waals surface area (Å²) in [6, 6.07) is 9.54. The Balaban J connectivity index is 1.69. The summed E-state index contributed by atoms with van der Waals surface area (Å²) in [4.78, 5) is 30.6. The van der Waals surface area contributed by atoms with Crippen molar-refractivity contribution in [3.63, 3.8) is 0 Å². The van der Waals surface area contributed by atoms with E-state index in [1.807, 2.05) is 0 Å². The van der Waals surface area contributed by atoms with Gasteiger partial charge in [-0.1, -0.05) is 23.4 Å². The van der Waals surface area contributed by atoms with Gasteiger partial charge in [0.15, 0.2) is 5.17 Å². The van der Waals surface area contributed by atoms with Crippen LogP contribution in [0.15, 0.2) is 47.5 Å². The fraction of sp³-hybridized carbons (Fsp3) is 0.250. The molecule has 1 N–H and O–H groups in total. The first-order valence-corrected chi connectivity index (χ1v) is 10.2. The lowest BCUT2D eigenvalue weighted by atomic mass is 10.2. The topological polar surface area (TPSA) is 71.0 Å². The lowest BCUT2D eigenvalue weighted by molar-refractivity contribution is -0.137. The second kappa shape index (κ2) is 9.19. The van der Waals surface area contributed by atoms with Crippen molar-refractivity contribution in [2.75, 3.05) is 19.5 Å². The van der Waals surface area contributed by atoms with E-state index in [9.17, 15) is 22.8 Å². The zero-order valence-electron chi connectivity index (χ0n) is 16.4. The summed E-state index contributed by atoms with van der Waals surface area (Å²) in [5, 5.41) is 1.97. The molecule has 1 saturated heterocycles. The minimum absolute atomic E-state index is 0.0365. The number of rotatable bonds is 5. The van der Waals surface area contributed by atoms with Crippen molar-refractivity contribution in [2.24, 2.45) is 4.99 Å². The van der Waals surface area contributed by atoms with Gasteiger partial charge in [0.2, 0.25) is 11.8 Å².